The van der Waals surface area contributed by atoms with Crippen LogP contribution in [-0.2, 0) is 0 Å². The first-order chi connectivity index (χ1) is 3.84. The minimum absolute atomic E-state index is 0.507. The van der Waals surface area contributed by atoms with Gasteiger partial charge in [-0.05, 0) is 17.4 Å². The molecule has 5 nitrogen and oxygen atoms in total. The highest BCUT2D eigenvalue weighted by atomic mass is 15.5. The van der Waals surface area contributed by atoms with Gasteiger partial charge in [0.05, 0.1) is 0 Å². The third-order valence-electron chi connectivity index (χ3n) is 0.720. The molecule has 1 aromatic heterocycles. The van der Waals surface area contributed by atoms with Crippen molar-refractivity contribution in [2.24, 2.45) is 0 Å². The van der Waals surface area contributed by atoms with E-state index in [1.54, 1.807) is 13.1 Å². The van der Waals surface area contributed by atoms with Crippen molar-refractivity contribution in [2.75, 3.05) is 0 Å². The molecule has 1 heterocycles. The smallest absolute Gasteiger partial charge is 0.170 e. The van der Waals surface area contributed by atoms with E-state index in [1.165, 1.54) is 0 Å². The lowest BCUT2D eigenvalue weighted by molar-refractivity contribution is 0.791. The van der Waals surface area contributed by atoms with E-state index in [9.17, 15) is 0 Å². The van der Waals surface area contributed by atoms with E-state index in [0.29, 0.717) is 5.82 Å². The van der Waals surface area contributed by atoms with Gasteiger partial charge < -0.3 is 0 Å². The topological polar surface area (TPSA) is 67.4 Å². The SMILES string of the molecule is Cc1nnnn1C#N. The molecule has 0 N–H and O–H groups in total. The Morgan fingerprint density at radius 2 is 2.50 bits per heavy atom. The average molecular weight is 109 g/mol. The maximum absolute atomic E-state index is 8.18. The minimum atomic E-state index is 0.507. The van der Waals surface area contributed by atoms with Crippen LogP contribution >= 0.6 is 0 Å². The molecule has 1 aromatic rings. The van der Waals surface area contributed by atoms with Crippen LogP contribution in [0.4, 0.5) is 0 Å². The molecule has 0 saturated heterocycles. The molecular weight excluding hydrogens is 106 g/mol. The lowest BCUT2D eigenvalue weighted by Crippen LogP contribution is -1.92. The number of aryl methyl sites for hydroxylation is 1. The predicted molar refractivity (Wildman–Crippen MR) is 23.6 cm³/mol. The summed E-state index contributed by atoms with van der Waals surface area (Å²) in [5.41, 5.74) is 0. The molecule has 1 rings (SSSR count). The second-order valence-corrected chi connectivity index (χ2v) is 1.24. The summed E-state index contributed by atoms with van der Waals surface area (Å²) < 4.78 is 1.04. The molecule has 0 fully saturated rings. The van der Waals surface area contributed by atoms with Gasteiger partial charge in [-0.1, -0.05) is 0 Å². The summed E-state index contributed by atoms with van der Waals surface area (Å²) in [5.74, 6) is 0.507. The molecule has 0 saturated carbocycles. The van der Waals surface area contributed by atoms with Crippen LogP contribution in [-0.4, -0.2) is 20.2 Å². The van der Waals surface area contributed by atoms with Gasteiger partial charge >= 0.3 is 0 Å². The monoisotopic (exact) mass is 109 g/mol. The van der Waals surface area contributed by atoms with Crippen LogP contribution in [0.2, 0.25) is 0 Å². The predicted octanol–water partition coefficient (Wildman–Crippen LogP) is -0.689. The summed E-state index contributed by atoms with van der Waals surface area (Å²) in [6.45, 7) is 1.66. The van der Waals surface area contributed by atoms with Gasteiger partial charge in [-0.15, -0.1) is 9.78 Å². The van der Waals surface area contributed by atoms with E-state index in [2.05, 4.69) is 15.5 Å². The van der Waals surface area contributed by atoms with Crippen molar-refractivity contribution in [3.8, 4) is 6.19 Å². The zero-order valence-electron chi connectivity index (χ0n) is 4.24. The third kappa shape index (κ3) is 0.518. The van der Waals surface area contributed by atoms with Crippen LogP contribution in [0.1, 0.15) is 5.82 Å². The van der Waals surface area contributed by atoms with E-state index in [1.807, 2.05) is 0 Å². The molecule has 0 bridgehead atoms. The van der Waals surface area contributed by atoms with Gasteiger partial charge in [0.2, 0.25) is 6.19 Å². The van der Waals surface area contributed by atoms with Crippen LogP contribution in [0, 0.1) is 18.4 Å². The minimum Gasteiger partial charge on any atom is -0.170 e. The maximum Gasteiger partial charge on any atom is 0.209 e. The Hall–Kier alpha value is -1.44. The van der Waals surface area contributed by atoms with E-state index in [0.717, 1.165) is 4.68 Å². The fourth-order valence-corrected chi connectivity index (χ4v) is 0.324. The van der Waals surface area contributed by atoms with Gasteiger partial charge in [0.15, 0.2) is 5.82 Å². The molecule has 5 heteroatoms. The third-order valence-corrected chi connectivity index (χ3v) is 0.720. The van der Waals surface area contributed by atoms with Gasteiger partial charge in [-0.3, -0.25) is 0 Å². The first-order valence-corrected chi connectivity index (χ1v) is 1.99. The number of nitrogens with zero attached hydrogens (tertiary/aromatic N) is 5. The van der Waals surface area contributed by atoms with Crippen molar-refractivity contribution < 1.29 is 0 Å². The van der Waals surface area contributed by atoms with Gasteiger partial charge in [0, 0.05) is 0 Å². The second kappa shape index (κ2) is 1.58. The molecule has 0 aliphatic rings. The van der Waals surface area contributed by atoms with E-state index in [-0.39, 0.29) is 0 Å². The summed E-state index contributed by atoms with van der Waals surface area (Å²) in [7, 11) is 0. The Labute approximate surface area is 45.5 Å². The molecule has 0 aliphatic carbocycles. The summed E-state index contributed by atoms with van der Waals surface area (Å²) in [6, 6.07) is 0. The van der Waals surface area contributed by atoms with Gasteiger partial charge in [0.1, 0.15) is 0 Å². The molecule has 0 spiro atoms. The van der Waals surface area contributed by atoms with Gasteiger partial charge in [0.25, 0.3) is 0 Å². The highest BCUT2D eigenvalue weighted by Crippen LogP contribution is 1.80. The molecule has 0 aromatic carbocycles. The van der Waals surface area contributed by atoms with Crippen LogP contribution in [0.5, 0.6) is 0 Å². The summed E-state index contributed by atoms with van der Waals surface area (Å²) in [4.78, 5) is 0. The number of hydrogen-bond acceptors (Lipinski definition) is 4. The molecule has 0 atom stereocenters. The Morgan fingerprint density at radius 3 is 2.75 bits per heavy atom. The standard InChI is InChI=1S/C3H3N5/c1-3-5-6-7-8(3)2-4/h1H3. The maximum atomic E-state index is 8.18. The van der Waals surface area contributed by atoms with Crippen LogP contribution in [0.3, 0.4) is 0 Å². The molecule has 0 radical (unpaired) electrons. The van der Waals surface area contributed by atoms with Crippen molar-refractivity contribution in [3.05, 3.63) is 5.82 Å². The molecule has 40 valence electrons. The van der Waals surface area contributed by atoms with Crippen LogP contribution < -0.4 is 0 Å². The van der Waals surface area contributed by atoms with E-state index >= 15 is 0 Å². The molecule has 0 aliphatic heterocycles. The Bertz CT molecular complexity index is 218. The van der Waals surface area contributed by atoms with Crippen LogP contribution in [0.15, 0.2) is 0 Å². The number of rotatable bonds is 0. The van der Waals surface area contributed by atoms with Crippen molar-refractivity contribution in [2.45, 2.75) is 6.92 Å². The Balaban J connectivity index is 3.15. The zero-order valence-corrected chi connectivity index (χ0v) is 4.24. The molecule has 0 amide bonds. The van der Waals surface area contributed by atoms with Crippen molar-refractivity contribution in [1.82, 2.24) is 20.2 Å². The fraction of sp³-hybridized carbons (Fsp3) is 0.333. The Kier molecular flexibility index (Phi) is 0.929. The highest BCUT2D eigenvalue weighted by Gasteiger charge is 1.93. The lowest BCUT2D eigenvalue weighted by Gasteiger charge is -1.77. The summed E-state index contributed by atoms with van der Waals surface area (Å²) in [6.07, 6.45) is 1.76. The number of tetrazole rings is 1. The second-order valence-electron chi connectivity index (χ2n) is 1.24. The first kappa shape index (κ1) is 4.71. The number of nitriles is 1. The molecular formula is C3H3N5. The molecule has 8 heavy (non-hydrogen) atoms. The number of aromatic nitrogens is 4. The van der Waals surface area contributed by atoms with Crippen LogP contribution in [0.25, 0.3) is 0 Å². The average Bonchev–Trinajstić information content (AvgIpc) is 2.14. The van der Waals surface area contributed by atoms with Crippen molar-refractivity contribution >= 4 is 0 Å². The van der Waals surface area contributed by atoms with E-state index < -0.39 is 0 Å². The number of hydrogen-bond donors (Lipinski definition) is 0. The normalized spacial score (nSPS) is 8.50. The van der Waals surface area contributed by atoms with E-state index in [4.69, 9.17) is 5.26 Å². The first-order valence-electron chi connectivity index (χ1n) is 1.99. The Morgan fingerprint density at radius 1 is 1.75 bits per heavy atom. The van der Waals surface area contributed by atoms with Crippen molar-refractivity contribution in [3.63, 3.8) is 0 Å². The largest absolute Gasteiger partial charge is 0.209 e. The zero-order chi connectivity index (χ0) is 5.98. The summed E-state index contributed by atoms with van der Waals surface area (Å²) in [5, 5.41) is 18.2. The van der Waals surface area contributed by atoms with Crippen molar-refractivity contribution in [1.29, 1.82) is 5.26 Å². The molecule has 0 unspecified atom stereocenters. The van der Waals surface area contributed by atoms with Gasteiger partial charge in [-0.2, -0.15) is 5.26 Å². The lowest BCUT2D eigenvalue weighted by atomic mass is 10.7. The summed E-state index contributed by atoms with van der Waals surface area (Å²) >= 11 is 0. The fourth-order valence-electron chi connectivity index (χ4n) is 0.324. The quantitative estimate of drug-likeness (QED) is 0.442. The van der Waals surface area contributed by atoms with Gasteiger partial charge in [-0.25, -0.2) is 0 Å². The highest BCUT2D eigenvalue weighted by molar-refractivity contribution is 4.84.